The monoisotopic (exact) mass is 287 g/mol. The van der Waals surface area contributed by atoms with Crippen molar-refractivity contribution < 1.29 is 13.6 Å². The lowest BCUT2D eigenvalue weighted by Gasteiger charge is -2.28. The maximum atomic E-state index is 13.7. The van der Waals surface area contributed by atoms with Crippen molar-refractivity contribution in [2.75, 3.05) is 12.4 Å². The van der Waals surface area contributed by atoms with Crippen molar-refractivity contribution in [2.45, 2.75) is 31.7 Å². The first-order valence-electron chi connectivity index (χ1n) is 6.45. The molecule has 104 valence electrons. The summed E-state index contributed by atoms with van der Waals surface area (Å²) in [4.78, 5) is 13.9. The van der Waals surface area contributed by atoms with Gasteiger partial charge in [-0.2, -0.15) is 0 Å². The van der Waals surface area contributed by atoms with E-state index in [0.717, 1.165) is 43.9 Å². The minimum atomic E-state index is -0.691. The lowest BCUT2D eigenvalue weighted by molar-refractivity contribution is 0.0695. The Bertz CT molecular complexity index is 467. The van der Waals surface area contributed by atoms with Gasteiger partial charge in [-0.25, -0.2) is 8.78 Å². The number of carbonyl (C=O) groups is 1. The molecule has 0 bridgehead atoms. The topological polar surface area (TPSA) is 20.3 Å². The number of benzene rings is 1. The molecule has 1 fully saturated rings. The molecule has 5 heteroatoms. The maximum Gasteiger partial charge on any atom is 0.257 e. The van der Waals surface area contributed by atoms with Gasteiger partial charge in [-0.1, -0.05) is 12.8 Å². The van der Waals surface area contributed by atoms with E-state index in [0.29, 0.717) is 12.4 Å². The quantitative estimate of drug-likeness (QED) is 0.761. The van der Waals surface area contributed by atoms with Crippen LogP contribution in [0.5, 0.6) is 0 Å². The van der Waals surface area contributed by atoms with Gasteiger partial charge in [0.2, 0.25) is 0 Å². The van der Waals surface area contributed by atoms with Gasteiger partial charge in [0.1, 0.15) is 11.6 Å². The Hall–Kier alpha value is -1.16. The fourth-order valence-corrected chi connectivity index (χ4v) is 2.74. The largest absolute Gasteiger partial charge is 0.334 e. The van der Waals surface area contributed by atoms with E-state index in [1.54, 1.807) is 4.90 Å². The number of rotatable bonds is 2. The Balaban J connectivity index is 2.27. The Kier molecular flexibility index (Phi) is 4.75. The molecule has 0 spiro atoms. The van der Waals surface area contributed by atoms with E-state index < -0.39 is 17.5 Å². The van der Waals surface area contributed by atoms with Crippen LogP contribution in [0.15, 0.2) is 18.2 Å². The number of hydrogen-bond donors (Lipinski definition) is 0. The number of likely N-dealkylation sites (tertiary alicyclic amines) is 1. The highest BCUT2D eigenvalue weighted by Gasteiger charge is 2.27. The average Bonchev–Trinajstić information content (AvgIpc) is 2.65. The van der Waals surface area contributed by atoms with Gasteiger partial charge in [0.15, 0.2) is 0 Å². The summed E-state index contributed by atoms with van der Waals surface area (Å²) in [6.45, 7) is 0.548. The van der Waals surface area contributed by atoms with Crippen molar-refractivity contribution in [3.05, 3.63) is 35.4 Å². The summed E-state index contributed by atoms with van der Waals surface area (Å²) in [5.41, 5.74) is -0.211. The van der Waals surface area contributed by atoms with Gasteiger partial charge >= 0.3 is 0 Å². The van der Waals surface area contributed by atoms with Crippen molar-refractivity contribution in [2.24, 2.45) is 0 Å². The molecule has 1 amide bonds. The molecule has 1 aromatic carbocycles. The summed E-state index contributed by atoms with van der Waals surface area (Å²) >= 11 is 5.89. The summed E-state index contributed by atoms with van der Waals surface area (Å²) < 4.78 is 26.8. The molecule has 1 heterocycles. The standard InChI is InChI=1S/C14H16ClF2NO/c15-9-11-4-2-1-3-7-18(11)14(19)12-8-10(16)5-6-13(12)17/h5-6,8,11H,1-4,7,9H2. The minimum Gasteiger partial charge on any atom is -0.334 e. The van der Waals surface area contributed by atoms with E-state index in [1.807, 2.05) is 0 Å². The maximum absolute atomic E-state index is 13.7. The second-order valence-electron chi connectivity index (χ2n) is 4.78. The fourth-order valence-electron chi connectivity index (χ4n) is 2.42. The Labute approximate surface area is 116 Å². The van der Waals surface area contributed by atoms with Crippen LogP contribution >= 0.6 is 11.6 Å². The van der Waals surface area contributed by atoms with Crippen molar-refractivity contribution in [1.82, 2.24) is 4.90 Å². The van der Waals surface area contributed by atoms with E-state index in [9.17, 15) is 13.6 Å². The molecule has 2 rings (SSSR count). The van der Waals surface area contributed by atoms with E-state index in [4.69, 9.17) is 11.6 Å². The number of nitrogens with zero attached hydrogens (tertiary/aromatic N) is 1. The Morgan fingerprint density at radius 3 is 2.84 bits per heavy atom. The molecule has 2 nitrogen and oxygen atoms in total. The van der Waals surface area contributed by atoms with Gasteiger partial charge in [-0.3, -0.25) is 4.79 Å². The molecule has 1 aliphatic rings. The predicted molar refractivity (Wildman–Crippen MR) is 70.4 cm³/mol. The molecule has 0 radical (unpaired) electrons. The molecule has 0 saturated carbocycles. The smallest absolute Gasteiger partial charge is 0.257 e. The lowest BCUT2D eigenvalue weighted by atomic mass is 10.1. The average molecular weight is 288 g/mol. The van der Waals surface area contributed by atoms with Crippen LogP contribution in [-0.4, -0.2) is 29.3 Å². The van der Waals surface area contributed by atoms with Gasteiger partial charge in [0.25, 0.3) is 5.91 Å². The molecule has 0 N–H and O–H groups in total. The summed E-state index contributed by atoms with van der Waals surface area (Å²) in [5.74, 6) is -1.45. The van der Waals surface area contributed by atoms with E-state index in [1.165, 1.54) is 0 Å². The second kappa shape index (κ2) is 6.33. The molecule has 0 aromatic heterocycles. The predicted octanol–water partition coefficient (Wildman–Crippen LogP) is 3.59. The number of carbonyl (C=O) groups excluding carboxylic acids is 1. The normalized spacial score (nSPS) is 20.2. The van der Waals surface area contributed by atoms with E-state index in [2.05, 4.69) is 0 Å². The summed E-state index contributed by atoms with van der Waals surface area (Å²) in [6, 6.07) is 2.84. The van der Waals surface area contributed by atoms with Crippen LogP contribution in [0.4, 0.5) is 8.78 Å². The summed E-state index contributed by atoms with van der Waals surface area (Å²) in [6.07, 6.45) is 3.72. The molecule has 1 unspecified atom stereocenters. The first-order chi connectivity index (χ1) is 9.13. The first-order valence-corrected chi connectivity index (χ1v) is 6.99. The lowest BCUT2D eigenvalue weighted by Crippen LogP contribution is -2.41. The van der Waals surface area contributed by atoms with E-state index in [-0.39, 0.29) is 11.6 Å². The molecular formula is C14H16ClF2NO. The van der Waals surface area contributed by atoms with Gasteiger partial charge < -0.3 is 4.90 Å². The van der Waals surface area contributed by atoms with Crippen LogP contribution < -0.4 is 0 Å². The molecule has 1 saturated heterocycles. The third-order valence-corrected chi connectivity index (χ3v) is 3.83. The van der Waals surface area contributed by atoms with E-state index >= 15 is 0 Å². The third-order valence-electron chi connectivity index (χ3n) is 3.47. The summed E-state index contributed by atoms with van der Waals surface area (Å²) in [7, 11) is 0. The molecular weight excluding hydrogens is 272 g/mol. The molecule has 1 aliphatic heterocycles. The second-order valence-corrected chi connectivity index (χ2v) is 5.09. The van der Waals surface area contributed by atoms with Gasteiger partial charge in [-0.15, -0.1) is 11.6 Å². The number of amides is 1. The van der Waals surface area contributed by atoms with Crippen LogP contribution in [0, 0.1) is 11.6 Å². The highest BCUT2D eigenvalue weighted by atomic mass is 35.5. The zero-order valence-corrected chi connectivity index (χ0v) is 11.3. The SMILES string of the molecule is O=C(c1cc(F)ccc1F)N1CCCCCC1CCl. The molecule has 0 aliphatic carbocycles. The Morgan fingerprint density at radius 2 is 2.11 bits per heavy atom. The number of alkyl halides is 1. The van der Waals surface area contributed by atoms with Gasteiger partial charge in [0.05, 0.1) is 5.56 Å². The van der Waals surface area contributed by atoms with Crippen LogP contribution in [0.25, 0.3) is 0 Å². The van der Waals surface area contributed by atoms with Crippen molar-refractivity contribution in [3.63, 3.8) is 0 Å². The van der Waals surface area contributed by atoms with Crippen LogP contribution in [0.2, 0.25) is 0 Å². The van der Waals surface area contributed by atoms with Crippen LogP contribution in [0.3, 0.4) is 0 Å². The van der Waals surface area contributed by atoms with Crippen LogP contribution in [0.1, 0.15) is 36.0 Å². The Morgan fingerprint density at radius 1 is 1.32 bits per heavy atom. The zero-order chi connectivity index (χ0) is 13.8. The highest BCUT2D eigenvalue weighted by Crippen LogP contribution is 2.21. The van der Waals surface area contributed by atoms with Crippen molar-refractivity contribution in [3.8, 4) is 0 Å². The van der Waals surface area contributed by atoms with Crippen molar-refractivity contribution in [1.29, 1.82) is 0 Å². The highest BCUT2D eigenvalue weighted by molar-refractivity contribution is 6.18. The van der Waals surface area contributed by atoms with Crippen LogP contribution in [-0.2, 0) is 0 Å². The van der Waals surface area contributed by atoms with Gasteiger partial charge in [0, 0.05) is 18.5 Å². The zero-order valence-electron chi connectivity index (χ0n) is 10.5. The molecule has 1 aromatic rings. The van der Waals surface area contributed by atoms with Gasteiger partial charge in [-0.05, 0) is 31.0 Å². The number of halogens is 3. The molecule has 19 heavy (non-hydrogen) atoms. The minimum absolute atomic E-state index is 0.0978. The summed E-state index contributed by atoms with van der Waals surface area (Å²) in [5, 5.41) is 0. The molecule has 1 atom stereocenters. The first kappa shape index (κ1) is 14.3. The number of hydrogen-bond acceptors (Lipinski definition) is 1. The van der Waals surface area contributed by atoms with Crippen molar-refractivity contribution >= 4 is 17.5 Å². The fraction of sp³-hybridized carbons (Fsp3) is 0.500. The third kappa shape index (κ3) is 3.24.